The minimum atomic E-state index is -1.34. The Labute approximate surface area is 159 Å². The zero-order chi connectivity index (χ0) is 19.8. The molecule has 8 nitrogen and oxygen atoms in total. The number of hydrogen-bond donors (Lipinski definition) is 2. The van der Waals surface area contributed by atoms with Gasteiger partial charge < -0.3 is 38.1 Å². The minimum Gasteiger partial charge on any atom is -0.497 e. The molecule has 0 radical (unpaired) electrons. The molecule has 0 atom stereocenters. The number of ether oxygens (including phenoxy) is 4. The Hall–Kier alpha value is -2.33. The van der Waals surface area contributed by atoms with Crippen molar-refractivity contribution in [2.24, 2.45) is 0 Å². The summed E-state index contributed by atoms with van der Waals surface area (Å²) in [4.78, 5) is 0. The summed E-state index contributed by atoms with van der Waals surface area (Å²) in [5, 5.41) is 20.5. The molecule has 142 valence electrons. The molecule has 0 aromatic heterocycles. The molecule has 11 heteroatoms. The van der Waals surface area contributed by atoms with Gasteiger partial charge in [0.15, 0.2) is 0 Å². The fraction of sp³-hybridized carbons (Fsp3) is 0.250. The van der Waals surface area contributed by atoms with Gasteiger partial charge in [0.25, 0.3) is 0 Å². The second kappa shape index (κ2) is 10.1. The van der Waals surface area contributed by atoms with Gasteiger partial charge in [-0.05, 0) is 36.4 Å². The molecule has 0 aliphatic heterocycles. The van der Waals surface area contributed by atoms with Gasteiger partial charge in [0, 0.05) is 10.9 Å². The van der Waals surface area contributed by atoms with Crippen molar-refractivity contribution in [3.63, 3.8) is 0 Å². The molecule has 0 amide bonds. The van der Waals surface area contributed by atoms with E-state index in [-0.39, 0.29) is 7.69 Å². The predicted molar refractivity (Wildman–Crippen MR) is 104 cm³/mol. The lowest BCUT2D eigenvalue weighted by molar-refractivity contribution is 0.362. The molecule has 2 N–H and O–H groups in total. The highest BCUT2D eigenvalue weighted by atomic mass is 16.6. The Morgan fingerprint density at radius 1 is 0.667 bits per heavy atom. The highest BCUT2D eigenvalue weighted by Crippen LogP contribution is 2.17. The van der Waals surface area contributed by atoms with Gasteiger partial charge in [-0.15, -0.1) is 0 Å². The second-order valence-electron chi connectivity index (χ2n) is 5.37. The van der Waals surface area contributed by atoms with Gasteiger partial charge in [0.2, 0.25) is 0 Å². The summed E-state index contributed by atoms with van der Waals surface area (Å²) in [6, 6.07) is 9.87. The van der Waals surface area contributed by atoms with Crippen LogP contribution in [0.2, 0.25) is 0 Å². The first-order valence-electron chi connectivity index (χ1n) is 8.07. The number of methoxy groups -OCH3 is 4. The van der Waals surface area contributed by atoms with E-state index in [2.05, 4.69) is 0 Å². The van der Waals surface area contributed by atoms with E-state index in [1.807, 2.05) is 0 Å². The molecule has 0 unspecified atom stereocenters. The van der Waals surface area contributed by atoms with Crippen LogP contribution in [0.3, 0.4) is 0 Å². The van der Waals surface area contributed by atoms with E-state index in [9.17, 15) is 10.0 Å². The monoisotopic (exact) mass is 374 g/mol. The quantitative estimate of drug-likeness (QED) is 0.517. The van der Waals surface area contributed by atoms with Gasteiger partial charge in [-0.1, -0.05) is 0 Å². The molecule has 0 bridgehead atoms. The predicted octanol–water partition coefficient (Wildman–Crippen LogP) is -0.904. The Kier molecular flexibility index (Phi) is 7.87. The summed E-state index contributed by atoms with van der Waals surface area (Å²) in [6.45, 7) is 0. The second-order valence-corrected chi connectivity index (χ2v) is 5.37. The lowest BCUT2D eigenvalue weighted by Gasteiger charge is -2.15. The van der Waals surface area contributed by atoms with Crippen molar-refractivity contribution in [2.45, 2.75) is 0 Å². The molecule has 0 aliphatic rings. The van der Waals surface area contributed by atoms with Crippen LogP contribution < -0.4 is 29.9 Å². The molecule has 27 heavy (non-hydrogen) atoms. The fourth-order valence-corrected chi connectivity index (χ4v) is 2.41. The van der Waals surface area contributed by atoms with Crippen molar-refractivity contribution in [2.75, 3.05) is 28.4 Å². The third-order valence-corrected chi connectivity index (χ3v) is 3.86. The summed E-state index contributed by atoms with van der Waals surface area (Å²) in [6.07, 6.45) is 0. The minimum absolute atomic E-state index is 0.369. The topological polar surface area (TPSA) is 95.8 Å². The third kappa shape index (κ3) is 5.33. The Morgan fingerprint density at radius 3 is 1.41 bits per heavy atom. The molecule has 2 aromatic carbocycles. The summed E-state index contributed by atoms with van der Waals surface area (Å²) in [7, 11) is 2.92. The first-order chi connectivity index (χ1) is 13.0. The van der Waals surface area contributed by atoms with Gasteiger partial charge in [-0.2, -0.15) is 0 Å². The van der Waals surface area contributed by atoms with Crippen LogP contribution in [0.4, 0.5) is 0 Å². The van der Waals surface area contributed by atoms with Crippen LogP contribution >= 0.6 is 0 Å². The molecule has 0 heterocycles. The van der Waals surface area contributed by atoms with Gasteiger partial charge in [-0.3, -0.25) is 0 Å². The van der Waals surface area contributed by atoms with Crippen LogP contribution in [0.1, 0.15) is 0 Å². The smallest absolute Gasteiger partial charge is 0.481 e. The van der Waals surface area contributed by atoms with Gasteiger partial charge >= 0.3 is 21.9 Å². The summed E-state index contributed by atoms with van der Waals surface area (Å²) in [5.74, 6) is 1.93. The Bertz CT molecular complexity index is 684. The van der Waals surface area contributed by atoms with E-state index >= 15 is 0 Å². The summed E-state index contributed by atoms with van der Waals surface area (Å²) in [5.41, 5.74) is 0.739. The van der Waals surface area contributed by atoms with Crippen LogP contribution in [0.25, 0.3) is 0 Å². The van der Waals surface area contributed by atoms with E-state index in [1.54, 1.807) is 36.4 Å². The molecule has 0 fully saturated rings. The fourth-order valence-electron chi connectivity index (χ4n) is 2.41. The number of rotatable bonds is 10. The van der Waals surface area contributed by atoms with Crippen molar-refractivity contribution in [3.05, 3.63) is 36.4 Å². The largest absolute Gasteiger partial charge is 0.497 e. The third-order valence-electron chi connectivity index (χ3n) is 3.86. The molecule has 2 aromatic rings. The molecule has 0 spiro atoms. The van der Waals surface area contributed by atoms with Gasteiger partial charge in [0.05, 0.1) is 28.4 Å². The van der Waals surface area contributed by atoms with E-state index in [4.69, 9.17) is 28.1 Å². The van der Waals surface area contributed by atoms with Crippen molar-refractivity contribution in [3.8, 4) is 23.0 Å². The zero-order valence-corrected chi connectivity index (χ0v) is 15.7. The Morgan fingerprint density at radius 2 is 1.07 bits per heavy atom. The van der Waals surface area contributed by atoms with Crippen LogP contribution in [0.5, 0.6) is 23.0 Å². The molecule has 2 rings (SSSR count). The molecule has 0 saturated heterocycles. The highest BCUT2D eigenvalue weighted by molar-refractivity contribution is 6.69. The first kappa shape index (κ1) is 21.0. The number of hydrogen-bond acceptors (Lipinski definition) is 8. The standard InChI is InChI=1S/C16H21B3O8/c1-22-11-5-7-15(24-3)13(9-11)18(20)26-17-27-19(21)14-10-12(23-2)6-8-16(14)25-4/h5-10,17,20-21H,1-4H3. The van der Waals surface area contributed by atoms with Gasteiger partial charge in [0.1, 0.15) is 23.0 Å². The van der Waals surface area contributed by atoms with Crippen molar-refractivity contribution < 1.29 is 38.1 Å². The highest BCUT2D eigenvalue weighted by Gasteiger charge is 2.26. The normalized spacial score (nSPS) is 10.1. The molecular formula is C16H21B3O8. The van der Waals surface area contributed by atoms with E-state index in [0.717, 1.165) is 0 Å². The molecular weight excluding hydrogens is 353 g/mol. The van der Waals surface area contributed by atoms with Crippen molar-refractivity contribution >= 4 is 32.8 Å². The maximum absolute atomic E-state index is 10.3. The average Bonchev–Trinajstić information content (AvgIpc) is 2.72. The zero-order valence-electron chi connectivity index (χ0n) is 15.7. The van der Waals surface area contributed by atoms with Crippen LogP contribution in [0, 0.1) is 0 Å². The van der Waals surface area contributed by atoms with Crippen LogP contribution in [-0.4, -0.2) is 60.4 Å². The van der Waals surface area contributed by atoms with E-state index in [1.165, 1.54) is 28.4 Å². The van der Waals surface area contributed by atoms with Crippen LogP contribution in [-0.2, 0) is 9.14 Å². The Balaban J connectivity index is 2.02. The summed E-state index contributed by atoms with van der Waals surface area (Å²) >= 11 is 0. The van der Waals surface area contributed by atoms with Crippen molar-refractivity contribution in [1.82, 2.24) is 0 Å². The molecule has 0 aliphatic carbocycles. The van der Waals surface area contributed by atoms with Crippen LogP contribution in [0.15, 0.2) is 36.4 Å². The van der Waals surface area contributed by atoms with Gasteiger partial charge in [-0.25, -0.2) is 0 Å². The number of benzene rings is 2. The summed E-state index contributed by atoms with van der Waals surface area (Å²) < 4.78 is 31.2. The molecule has 0 saturated carbocycles. The maximum atomic E-state index is 10.3. The lowest BCUT2D eigenvalue weighted by Crippen LogP contribution is -2.41. The van der Waals surface area contributed by atoms with E-state index < -0.39 is 14.2 Å². The first-order valence-corrected chi connectivity index (χ1v) is 8.07. The lowest BCUT2D eigenvalue weighted by atomic mass is 9.75. The van der Waals surface area contributed by atoms with E-state index in [0.29, 0.717) is 33.9 Å². The maximum Gasteiger partial charge on any atom is 0.481 e. The SMILES string of the molecule is COc1ccc(OC)c(B(O)OBOB(O)c2cc(OC)ccc2OC)c1. The average molecular weight is 374 g/mol. The van der Waals surface area contributed by atoms with Crippen molar-refractivity contribution in [1.29, 1.82) is 0 Å².